The minimum atomic E-state index is -0.265. The maximum atomic E-state index is 12.6. The van der Waals surface area contributed by atoms with Gasteiger partial charge < -0.3 is 9.73 Å². The van der Waals surface area contributed by atoms with Crippen molar-refractivity contribution >= 4 is 5.91 Å². The smallest absolute Gasteiger partial charge is 0.227 e. The fraction of sp³-hybridized carbons (Fsp3) is 0.455. The Balaban J connectivity index is 1.54. The third-order valence-electron chi connectivity index (χ3n) is 6.29. The van der Waals surface area contributed by atoms with Crippen LogP contribution in [0.25, 0.3) is 11.3 Å². The van der Waals surface area contributed by atoms with Gasteiger partial charge in [-0.05, 0) is 63.4 Å². The van der Waals surface area contributed by atoms with Gasteiger partial charge in [-0.25, -0.2) is 0 Å². The molecule has 1 amide bonds. The standard InChI is InChI=1S/C22H25N3O2/c1-16-22(10-4-12-24-21(22)26)11-5-13-25(16)15-18-8-9-20(27-18)19-7-3-2-6-17(19)14-23/h2-3,6-9,16H,4-5,10-13,15H2,1H3,(H,24,26)/t16-,22+/m1/s1. The van der Waals surface area contributed by atoms with Crippen LogP contribution in [0.5, 0.6) is 0 Å². The molecule has 0 radical (unpaired) electrons. The number of nitriles is 1. The molecule has 1 spiro atoms. The quantitative estimate of drug-likeness (QED) is 0.903. The maximum absolute atomic E-state index is 12.6. The van der Waals surface area contributed by atoms with E-state index in [0.717, 1.165) is 55.9 Å². The summed E-state index contributed by atoms with van der Waals surface area (Å²) >= 11 is 0. The number of hydrogen-bond acceptors (Lipinski definition) is 4. The van der Waals surface area contributed by atoms with Crippen molar-refractivity contribution in [1.82, 2.24) is 10.2 Å². The highest BCUT2D eigenvalue weighted by Gasteiger charge is 2.48. The molecular weight excluding hydrogens is 338 g/mol. The Hall–Kier alpha value is -2.58. The molecule has 1 aromatic heterocycles. The number of carbonyl (C=O) groups excluding carboxylic acids is 1. The molecule has 1 aromatic carbocycles. The fourth-order valence-electron chi connectivity index (χ4n) is 4.70. The first-order valence-electron chi connectivity index (χ1n) is 9.74. The maximum Gasteiger partial charge on any atom is 0.227 e. The summed E-state index contributed by atoms with van der Waals surface area (Å²) in [6.07, 6.45) is 4.02. The average Bonchev–Trinajstić information content (AvgIpc) is 3.16. The van der Waals surface area contributed by atoms with E-state index in [9.17, 15) is 10.1 Å². The van der Waals surface area contributed by atoms with Crippen molar-refractivity contribution in [3.63, 3.8) is 0 Å². The Morgan fingerprint density at radius 3 is 2.89 bits per heavy atom. The highest BCUT2D eigenvalue weighted by Crippen LogP contribution is 2.42. The number of nitrogens with one attached hydrogen (secondary N) is 1. The van der Waals surface area contributed by atoms with Gasteiger partial charge >= 0.3 is 0 Å². The van der Waals surface area contributed by atoms with Gasteiger partial charge in [0, 0.05) is 18.2 Å². The molecule has 0 saturated carbocycles. The van der Waals surface area contributed by atoms with Crippen molar-refractivity contribution in [1.29, 1.82) is 5.26 Å². The Labute approximate surface area is 160 Å². The van der Waals surface area contributed by atoms with E-state index in [4.69, 9.17) is 4.42 Å². The summed E-state index contributed by atoms with van der Waals surface area (Å²) in [6.45, 7) is 4.64. The Bertz CT molecular complexity index is 878. The van der Waals surface area contributed by atoms with E-state index < -0.39 is 0 Å². The van der Waals surface area contributed by atoms with Gasteiger partial charge in [0.2, 0.25) is 5.91 Å². The van der Waals surface area contributed by atoms with E-state index in [1.807, 2.05) is 30.3 Å². The van der Waals surface area contributed by atoms with E-state index in [2.05, 4.69) is 23.2 Å². The average molecular weight is 363 g/mol. The molecular formula is C22H25N3O2. The van der Waals surface area contributed by atoms with Gasteiger partial charge in [-0.1, -0.05) is 12.1 Å². The summed E-state index contributed by atoms with van der Waals surface area (Å²) in [5.41, 5.74) is 1.17. The third-order valence-corrected chi connectivity index (χ3v) is 6.29. The molecule has 0 unspecified atom stereocenters. The van der Waals surface area contributed by atoms with Crippen LogP contribution in [0.15, 0.2) is 40.8 Å². The van der Waals surface area contributed by atoms with Gasteiger partial charge in [-0.3, -0.25) is 9.69 Å². The lowest BCUT2D eigenvalue weighted by Crippen LogP contribution is -2.59. The zero-order chi connectivity index (χ0) is 18.9. The van der Waals surface area contributed by atoms with Gasteiger partial charge in [0.15, 0.2) is 0 Å². The molecule has 3 heterocycles. The van der Waals surface area contributed by atoms with Crippen LogP contribution in [0, 0.1) is 16.7 Å². The Morgan fingerprint density at radius 2 is 2.07 bits per heavy atom. The highest BCUT2D eigenvalue weighted by molar-refractivity contribution is 5.84. The second-order valence-electron chi connectivity index (χ2n) is 7.69. The molecule has 5 nitrogen and oxygen atoms in total. The van der Waals surface area contributed by atoms with Crippen molar-refractivity contribution < 1.29 is 9.21 Å². The van der Waals surface area contributed by atoms with Crippen molar-refractivity contribution in [2.24, 2.45) is 5.41 Å². The van der Waals surface area contributed by atoms with E-state index in [1.165, 1.54) is 0 Å². The summed E-state index contributed by atoms with van der Waals surface area (Å²) in [4.78, 5) is 15.0. The van der Waals surface area contributed by atoms with Crippen LogP contribution in [0.4, 0.5) is 0 Å². The van der Waals surface area contributed by atoms with Crippen LogP contribution >= 0.6 is 0 Å². The Kier molecular flexibility index (Phi) is 4.75. The minimum Gasteiger partial charge on any atom is -0.460 e. The Morgan fingerprint density at radius 1 is 1.26 bits per heavy atom. The summed E-state index contributed by atoms with van der Waals surface area (Å²) in [6, 6.07) is 13.8. The predicted molar refractivity (Wildman–Crippen MR) is 103 cm³/mol. The van der Waals surface area contributed by atoms with Gasteiger partial charge in [-0.2, -0.15) is 5.26 Å². The highest BCUT2D eigenvalue weighted by atomic mass is 16.3. The monoisotopic (exact) mass is 363 g/mol. The number of carbonyl (C=O) groups is 1. The topological polar surface area (TPSA) is 69.3 Å². The number of piperidine rings is 2. The number of benzene rings is 1. The van der Waals surface area contributed by atoms with Crippen molar-refractivity contribution in [2.75, 3.05) is 13.1 Å². The molecule has 5 heteroatoms. The molecule has 2 saturated heterocycles. The van der Waals surface area contributed by atoms with Crippen LogP contribution in [0.2, 0.25) is 0 Å². The van der Waals surface area contributed by atoms with E-state index in [1.54, 1.807) is 6.07 Å². The fourth-order valence-corrected chi connectivity index (χ4v) is 4.70. The predicted octanol–water partition coefficient (Wildman–Crippen LogP) is 3.70. The number of hydrogen-bond donors (Lipinski definition) is 1. The molecule has 2 aliphatic heterocycles. The largest absolute Gasteiger partial charge is 0.460 e. The lowest BCUT2D eigenvalue weighted by molar-refractivity contribution is -0.142. The van der Waals surface area contributed by atoms with E-state index in [-0.39, 0.29) is 17.4 Å². The lowest BCUT2D eigenvalue weighted by Gasteiger charge is -2.49. The molecule has 2 aromatic rings. The van der Waals surface area contributed by atoms with Gasteiger partial charge in [0.25, 0.3) is 0 Å². The third kappa shape index (κ3) is 3.15. The van der Waals surface area contributed by atoms with E-state index in [0.29, 0.717) is 12.1 Å². The second kappa shape index (κ2) is 7.21. The van der Waals surface area contributed by atoms with Gasteiger partial charge in [0.1, 0.15) is 11.5 Å². The normalized spacial score (nSPS) is 25.9. The first-order chi connectivity index (χ1) is 13.1. The summed E-state index contributed by atoms with van der Waals surface area (Å²) in [7, 11) is 0. The van der Waals surface area contributed by atoms with E-state index >= 15 is 0 Å². The molecule has 1 N–H and O–H groups in total. The first-order valence-corrected chi connectivity index (χ1v) is 9.74. The van der Waals surface area contributed by atoms with Crippen LogP contribution in [0.1, 0.15) is 43.9 Å². The van der Waals surface area contributed by atoms with Crippen LogP contribution in [-0.2, 0) is 11.3 Å². The van der Waals surface area contributed by atoms with Crippen LogP contribution in [-0.4, -0.2) is 29.9 Å². The zero-order valence-corrected chi connectivity index (χ0v) is 15.7. The van der Waals surface area contributed by atoms with Crippen molar-refractivity contribution in [3.05, 3.63) is 47.7 Å². The van der Waals surface area contributed by atoms with Crippen LogP contribution in [0.3, 0.4) is 0 Å². The number of nitrogens with zero attached hydrogens (tertiary/aromatic N) is 2. The number of amides is 1. The van der Waals surface area contributed by atoms with Gasteiger partial charge in [-0.15, -0.1) is 0 Å². The molecule has 4 rings (SSSR count). The zero-order valence-electron chi connectivity index (χ0n) is 15.7. The molecule has 2 atom stereocenters. The molecule has 2 aliphatic rings. The number of rotatable bonds is 3. The summed E-state index contributed by atoms with van der Waals surface area (Å²) in [5.74, 6) is 1.81. The van der Waals surface area contributed by atoms with Crippen molar-refractivity contribution in [2.45, 2.75) is 45.2 Å². The summed E-state index contributed by atoms with van der Waals surface area (Å²) < 4.78 is 6.07. The second-order valence-corrected chi connectivity index (χ2v) is 7.69. The molecule has 2 fully saturated rings. The van der Waals surface area contributed by atoms with Crippen LogP contribution < -0.4 is 5.32 Å². The summed E-state index contributed by atoms with van der Waals surface area (Å²) in [5, 5.41) is 12.4. The minimum absolute atomic E-state index is 0.187. The SMILES string of the molecule is C[C@H]1N(Cc2ccc(-c3ccccc3C#N)o2)CCC[C@@]12CCCNC2=O. The molecule has 0 aliphatic carbocycles. The first kappa shape index (κ1) is 17.8. The molecule has 27 heavy (non-hydrogen) atoms. The number of furan rings is 1. The van der Waals surface area contributed by atoms with Crippen molar-refractivity contribution in [3.8, 4) is 17.4 Å². The molecule has 140 valence electrons. The lowest BCUT2D eigenvalue weighted by atomic mass is 9.68. The molecule has 0 bridgehead atoms. The number of likely N-dealkylation sites (tertiary alicyclic amines) is 1. The van der Waals surface area contributed by atoms with Gasteiger partial charge in [0.05, 0.1) is 23.6 Å².